The zero-order valence-electron chi connectivity index (χ0n) is 13.8. The molecule has 0 saturated carbocycles. The van der Waals surface area contributed by atoms with Crippen molar-refractivity contribution in [1.29, 1.82) is 0 Å². The summed E-state index contributed by atoms with van der Waals surface area (Å²) in [5.41, 5.74) is 4.06. The lowest BCUT2D eigenvalue weighted by atomic mass is 9.84. The Morgan fingerprint density at radius 3 is 2.84 bits per heavy atom. The second kappa shape index (κ2) is 6.55. The summed E-state index contributed by atoms with van der Waals surface area (Å²) in [5.74, 6) is -0.669. The van der Waals surface area contributed by atoms with E-state index in [4.69, 9.17) is 0 Å². The van der Waals surface area contributed by atoms with E-state index in [2.05, 4.69) is 15.7 Å². The first kappa shape index (κ1) is 16.2. The summed E-state index contributed by atoms with van der Waals surface area (Å²) in [5, 5.41) is 6.85. The van der Waals surface area contributed by atoms with Crippen LogP contribution in [-0.2, 0) is 9.59 Å². The number of nitrogens with zero attached hydrogens (tertiary/aromatic N) is 3. The molecule has 2 aliphatic heterocycles. The smallest absolute Gasteiger partial charge is 0.247 e. The quantitative estimate of drug-likeness (QED) is 0.863. The monoisotopic (exact) mass is 357 g/mol. The van der Waals surface area contributed by atoms with Crippen LogP contribution in [0.2, 0.25) is 0 Å². The number of fused-ring (bicyclic) bond motifs is 1. The number of hydrazine groups is 1. The van der Waals surface area contributed by atoms with Crippen LogP contribution in [0.5, 0.6) is 0 Å². The lowest BCUT2D eigenvalue weighted by molar-refractivity contribution is -0.125. The highest BCUT2D eigenvalue weighted by atomic mass is 32.1. The van der Waals surface area contributed by atoms with Crippen molar-refractivity contribution in [3.8, 4) is 0 Å². The van der Waals surface area contributed by atoms with Gasteiger partial charge < -0.3 is 10.2 Å². The Hall–Kier alpha value is -2.29. The maximum Gasteiger partial charge on any atom is 0.247 e. The van der Waals surface area contributed by atoms with Crippen molar-refractivity contribution in [2.24, 2.45) is 11.8 Å². The molecule has 25 heavy (non-hydrogen) atoms. The van der Waals surface area contributed by atoms with Gasteiger partial charge in [-0.25, -0.2) is 15.4 Å². The Morgan fingerprint density at radius 2 is 2.12 bits per heavy atom. The Balaban J connectivity index is 1.57. The molecule has 1 aromatic heterocycles. The van der Waals surface area contributed by atoms with Crippen molar-refractivity contribution >= 4 is 34.0 Å². The third-order valence-corrected chi connectivity index (χ3v) is 5.40. The zero-order valence-corrected chi connectivity index (χ0v) is 14.6. The van der Waals surface area contributed by atoms with Crippen molar-refractivity contribution < 1.29 is 9.59 Å². The largest absolute Gasteiger partial charge is 0.305 e. The molecule has 7 nitrogen and oxygen atoms in total. The van der Waals surface area contributed by atoms with Crippen LogP contribution < -0.4 is 15.8 Å². The summed E-state index contributed by atoms with van der Waals surface area (Å²) < 4.78 is 0. The Bertz CT molecular complexity index is 767. The van der Waals surface area contributed by atoms with Gasteiger partial charge in [0, 0.05) is 24.7 Å². The molecule has 3 atom stereocenters. The maximum absolute atomic E-state index is 12.9. The number of nitrogens with one attached hydrogen (secondary N) is 2. The molecule has 0 aliphatic carbocycles. The number of benzene rings is 1. The summed E-state index contributed by atoms with van der Waals surface area (Å²) in [6.45, 7) is 1.24. The van der Waals surface area contributed by atoms with E-state index in [-0.39, 0.29) is 29.7 Å². The van der Waals surface area contributed by atoms with Gasteiger partial charge >= 0.3 is 0 Å². The van der Waals surface area contributed by atoms with Crippen molar-refractivity contribution in [2.75, 3.05) is 30.5 Å². The summed E-state index contributed by atoms with van der Waals surface area (Å²) >= 11 is 1.38. The van der Waals surface area contributed by atoms with Crippen molar-refractivity contribution in [1.82, 2.24) is 15.3 Å². The first-order valence-corrected chi connectivity index (χ1v) is 9.05. The molecule has 2 amide bonds. The van der Waals surface area contributed by atoms with E-state index in [0.29, 0.717) is 18.2 Å². The second-order valence-electron chi connectivity index (χ2n) is 6.42. The Kier molecular flexibility index (Phi) is 4.24. The number of hydrogen-bond acceptors (Lipinski definition) is 6. The number of thiazole rings is 1. The summed E-state index contributed by atoms with van der Waals surface area (Å²) in [4.78, 5) is 31.8. The van der Waals surface area contributed by atoms with Crippen LogP contribution in [0.1, 0.15) is 0 Å². The fourth-order valence-electron chi connectivity index (χ4n) is 3.55. The predicted molar refractivity (Wildman–Crippen MR) is 96.1 cm³/mol. The number of piperidine rings is 1. The van der Waals surface area contributed by atoms with E-state index in [1.54, 1.807) is 11.2 Å². The number of anilines is 2. The predicted octanol–water partition coefficient (Wildman–Crippen LogP) is 1.18. The molecule has 2 aliphatic rings. The molecule has 130 valence electrons. The van der Waals surface area contributed by atoms with Crippen LogP contribution in [-0.4, -0.2) is 47.9 Å². The summed E-state index contributed by atoms with van der Waals surface area (Å²) in [7, 11) is 1.94. The molecule has 2 saturated heterocycles. The van der Waals surface area contributed by atoms with Crippen molar-refractivity contribution in [2.45, 2.75) is 6.04 Å². The minimum absolute atomic E-state index is 0.00907. The van der Waals surface area contributed by atoms with Crippen molar-refractivity contribution in [3.05, 3.63) is 41.9 Å². The van der Waals surface area contributed by atoms with Crippen LogP contribution in [0.4, 0.5) is 10.8 Å². The van der Waals surface area contributed by atoms with Gasteiger partial charge in [-0.3, -0.25) is 9.59 Å². The van der Waals surface area contributed by atoms with Gasteiger partial charge in [-0.05, 0) is 19.2 Å². The van der Waals surface area contributed by atoms with Crippen LogP contribution >= 0.6 is 11.3 Å². The van der Waals surface area contributed by atoms with Crippen LogP contribution in [0.25, 0.3) is 0 Å². The van der Waals surface area contributed by atoms with Crippen LogP contribution in [0.3, 0.4) is 0 Å². The SMILES string of the molecule is CN1CC(C(=O)Nc2nccs2)C2NN(c3ccccc3)C(=O)C2C1. The van der Waals surface area contributed by atoms with Crippen LogP contribution in [0.15, 0.2) is 41.9 Å². The molecule has 2 fully saturated rings. The fraction of sp³-hybridized carbons (Fsp3) is 0.353. The number of amides is 2. The van der Waals surface area contributed by atoms with Gasteiger partial charge in [-0.2, -0.15) is 0 Å². The van der Waals surface area contributed by atoms with Gasteiger partial charge in [-0.1, -0.05) is 18.2 Å². The first-order chi connectivity index (χ1) is 12.1. The summed E-state index contributed by atoms with van der Waals surface area (Å²) in [6.07, 6.45) is 1.66. The van der Waals surface area contributed by atoms with E-state index in [1.165, 1.54) is 11.3 Å². The van der Waals surface area contributed by atoms with Gasteiger partial charge in [-0.15, -0.1) is 11.3 Å². The molecule has 3 unspecified atom stereocenters. The van der Waals surface area contributed by atoms with E-state index in [1.807, 2.05) is 47.7 Å². The standard InChI is InChI=1S/C17H19N5O2S/c1-21-9-12(15(23)19-17-18-7-8-25-17)14-13(10-21)16(24)22(20-14)11-5-3-2-4-6-11/h2-8,12-14,20H,9-10H2,1H3,(H,18,19,23). The highest BCUT2D eigenvalue weighted by molar-refractivity contribution is 7.13. The maximum atomic E-state index is 12.9. The van der Waals surface area contributed by atoms with Crippen LogP contribution in [0, 0.1) is 11.8 Å². The van der Waals surface area contributed by atoms with Gasteiger partial charge in [0.1, 0.15) is 0 Å². The zero-order chi connectivity index (χ0) is 17.4. The van der Waals surface area contributed by atoms with E-state index < -0.39 is 0 Å². The fourth-order valence-corrected chi connectivity index (χ4v) is 4.08. The van der Waals surface area contributed by atoms with Gasteiger partial charge in [0.15, 0.2) is 5.13 Å². The van der Waals surface area contributed by atoms with Gasteiger partial charge in [0.05, 0.1) is 23.6 Å². The Morgan fingerprint density at radius 1 is 1.32 bits per heavy atom. The van der Waals surface area contributed by atoms with Gasteiger partial charge in [0.25, 0.3) is 0 Å². The van der Waals surface area contributed by atoms with E-state index >= 15 is 0 Å². The molecular formula is C17H19N5O2S. The lowest BCUT2D eigenvalue weighted by Crippen LogP contribution is -2.55. The molecule has 1 aromatic carbocycles. The van der Waals surface area contributed by atoms with E-state index in [0.717, 1.165) is 5.69 Å². The molecular weight excluding hydrogens is 338 g/mol. The number of hydrogen-bond donors (Lipinski definition) is 2. The third kappa shape index (κ3) is 3.04. The molecule has 0 radical (unpaired) electrons. The average Bonchev–Trinajstić information content (AvgIpc) is 3.24. The number of likely N-dealkylation sites (tertiary alicyclic amines) is 1. The summed E-state index contributed by atoms with van der Waals surface area (Å²) in [6, 6.07) is 9.25. The molecule has 3 heterocycles. The normalized spacial score (nSPS) is 26.5. The number of carbonyl (C=O) groups excluding carboxylic acids is 2. The Labute approximate surface area is 149 Å². The molecule has 0 bridgehead atoms. The second-order valence-corrected chi connectivity index (χ2v) is 7.32. The molecule has 8 heteroatoms. The molecule has 4 rings (SSSR count). The minimum Gasteiger partial charge on any atom is -0.305 e. The van der Waals surface area contributed by atoms with Gasteiger partial charge in [0.2, 0.25) is 11.8 Å². The highest BCUT2D eigenvalue weighted by Gasteiger charge is 2.50. The first-order valence-electron chi connectivity index (χ1n) is 8.17. The third-order valence-electron chi connectivity index (χ3n) is 4.71. The number of carbonyl (C=O) groups is 2. The molecule has 0 spiro atoms. The average molecular weight is 357 g/mol. The van der Waals surface area contributed by atoms with E-state index in [9.17, 15) is 9.59 Å². The topological polar surface area (TPSA) is 77.6 Å². The number of rotatable bonds is 3. The lowest BCUT2D eigenvalue weighted by Gasteiger charge is -2.36. The molecule has 2 aromatic rings. The minimum atomic E-state index is -0.328. The number of para-hydroxylation sites is 1. The molecule has 2 N–H and O–H groups in total. The highest BCUT2D eigenvalue weighted by Crippen LogP contribution is 2.31. The van der Waals surface area contributed by atoms with Crippen molar-refractivity contribution in [3.63, 3.8) is 0 Å². The number of aromatic nitrogens is 1.